The van der Waals surface area contributed by atoms with Gasteiger partial charge in [-0.2, -0.15) is 0 Å². The smallest absolute Gasteiger partial charge is 0.254 e. The monoisotopic (exact) mass is 262 g/mol. The summed E-state index contributed by atoms with van der Waals surface area (Å²) in [5, 5.41) is 21.7. The van der Waals surface area contributed by atoms with Crippen LogP contribution in [0.15, 0.2) is 23.4 Å². The predicted molar refractivity (Wildman–Crippen MR) is 71.7 cm³/mol. The van der Waals surface area contributed by atoms with Crippen LogP contribution in [0.1, 0.15) is 29.3 Å². The molecule has 102 valence electrons. The van der Waals surface area contributed by atoms with Crippen LogP contribution in [-0.2, 0) is 0 Å². The minimum Gasteiger partial charge on any atom is -0.508 e. The highest BCUT2D eigenvalue weighted by molar-refractivity contribution is 5.96. The zero-order valence-electron chi connectivity index (χ0n) is 11.1. The standard InChI is InChI=1S/C14H18N2O3/c1-9-3-4-11(7-13(9)17)14(18)16-6-5-12(15-19)10(2)8-16/h3-4,7,10,17,19H,5-6,8H2,1-2H3/b15-12+. The molecular formula is C14H18N2O3. The molecule has 0 aliphatic carbocycles. The number of carbonyl (C=O) groups excluding carboxylic acids is 1. The van der Waals surface area contributed by atoms with Gasteiger partial charge in [0.15, 0.2) is 0 Å². The van der Waals surface area contributed by atoms with E-state index in [0.29, 0.717) is 25.1 Å². The third-order valence-electron chi connectivity index (χ3n) is 3.57. The molecule has 2 rings (SSSR count). The topological polar surface area (TPSA) is 73.1 Å². The Kier molecular flexibility index (Phi) is 3.74. The Morgan fingerprint density at radius 2 is 2.21 bits per heavy atom. The predicted octanol–water partition coefficient (Wildman–Crippen LogP) is 2.01. The highest BCUT2D eigenvalue weighted by Gasteiger charge is 2.26. The minimum atomic E-state index is -0.0980. The first kappa shape index (κ1) is 13.4. The highest BCUT2D eigenvalue weighted by Crippen LogP contribution is 2.21. The summed E-state index contributed by atoms with van der Waals surface area (Å²) in [6.45, 7) is 4.79. The number of oxime groups is 1. The van der Waals surface area contributed by atoms with Crippen molar-refractivity contribution in [2.45, 2.75) is 20.3 Å². The van der Waals surface area contributed by atoms with Crippen molar-refractivity contribution in [1.29, 1.82) is 0 Å². The maximum absolute atomic E-state index is 12.3. The molecule has 0 aromatic heterocycles. The van der Waals surface area contributed by atoms with Crippen molar-refractivity contribution in [3.63, 3.8) is 0 Å². The fraction of sp³-hybridized carbons (Fsp3) is 0.429. The van der Waals surface area contributed by atoms with Gasteiger partial charge in [-0.1, -0.05) is 18.1 Å². The molecule has 2 N–H and O–H groups in total. The zero-order chi connectivity index (χ0) is 14.0. The van der Waals surface area contributed by atoms with Gasteiger partial charge >= 0.3 is 0 Å². The molecule has 1 fully saturated rings. The van der Waals surface area contributed by atoms with Crippen LogP contribution in [-0.4, -0.2) is 39.9 Å². The molecule has 1 aliphatic rings. The molecule has 0 bridgehead atoms. The molecule has 1 unspecified atom stereocenters. The summed E-state index contributed by atoms with van der Waals surface area (Å²) < 4.78 is 0. The van der Waals surface area contributed by atoms with Crippen molar-refractivity contribution in [2.24, 2.45) is 11.1 Å². The van der Waals surface area contributed by atoms with Crippen LogP contribution >= 0.6 is 0 Å². The lowest BCUT2D eigenvalue weighted by Crippen LogP contribution is -2.43. The van der Waals surface area contributed by atoms with E-state index in [1.54, 1.807) is 24.0 Å². The quantitative estimate of drug-likeness (QED) is 0.600. The minimum absolute atomic E-state index is 0.0572. The molecule has 0 radical (unpaired) electrons. The van der Waals surface area contributed by atoms with Crippen molar-refractivity contribution in [3.05, 3.63) is 29.3 Å². The molecule has 1 heterocycles. The number of nitrogens with zero attached hydrogens (tertiary/aromatic N) is 2. The summed E-state index contributed by atoms with van der Waals surface area (Å²) in [4.78, 5) is 14.0. The first-order valence-corrected chi connectivity index (χ1v) is 6.32. The van der Waals surface area contributed by atoms with Crippen molar-refractivity contribution >= 4 is 11.6 Å². The number of piperidine rings is 1. The van der Waals surface area contributed by atoms with Gasteiger partial charge in [0.05, 0.1) is 5.71 Å². The van der Waals surface area contributed by atoms with Crippen molar-refractivity contribution in [2.75, 3.05) is 13.1 Å². The number of rotatable bonds is 1. The summed E-state index contributed by atoms with van der Waals surface area (Å²) in [7, 11) is 0. The highest BCUT2D eigenvalue weighted by atomic mass is 16.4. The third kappa shape index (κ3) is 2.70. The lowest BCUT2D eigenvalue weighted by atomic mass is 9.97. The molecule has 1 saturated heterocycles. The summed E-state index contributed by atoms with van der Waals surface area (Å²) >= 11 is 0. The Hall–Kier alpha value is -2.04. The fourth-order valence-electron chi connectivity index (χ4n) is 2.28. The Labute approximate surface area is 112 Å². The summed E-state index contributed by atoms with van der Waals surface area (Å²) in [5.41, 5.74) is 1.97. The van der Waals surface area contributed by atoms with E-state index in [2.05, 4.69) is 5.16 Å². The summed E-state index contributed by atoms with van der Waals surface area (Å²) in [5.74, 6) is 0.0920. The molecule has 19 heavy (non-hydrogen) atoms. The van der Waals surface area contributed by atoms with E-state index in [-0.39, 0.29) is 17.6 Å². The van der Waals surface area contributed by atoms with Gasteiger partial charge in [-0.3, -0.25) is 4.79 Å². The van der Waals surface area contributed by atoms with E-state index in [0.717, 1.165) is 11.3 Å². The summed E-state index contributed by atoms with van der Waals surface area (Å²) in [6, 6.07) is 4.95. The largest absolute Gasteiger partial charge is 0.508 e. The second-order valence-electron chi connectivity index (χ2n) is 4.99. The van der Waals surface area contributed by atoms with Gasteiger partial charge in [-0.25, -0.2) is 0 Å². The maximum Gasteiger partial charge on any atom is 0.254 e. The number of hydrogen-bond donors (Lipinski definition) is 2. The Morgan fingerprint density at radius 1 is 1.47 bits per heavy atom. The SMILES string of the molecule is Cc1ccc(C(=O)N2CC/C(=N\O)C(C)C2)cc1O. The van der Waals surface area contributed by atoms with Crippen LogP contribution in [0.25, 0.3) is 0 Å². The lowest BCUT2D eigenvalue weighted by molar-refractivity contribution is 0.0733. The number of aryl methyl sites for hydroxylation is 1. The van der Waals surface area contributed by atoms with E-state index in [9.17, 15) is 9.90 Å². The number of aromatic hydroxyl groups is 1. The number of amides is 1. The second-order valence-corrected chi connectivity index (χ2v) is 4.99. The van der Waals surface area contributed by atoms with Crippen LogP contribution in [0.4, 0.5) is 0 Å². The molecule has 0 saturated carbocycles. The van der Waals surface area contributed by atoms with Gasteiger partial charge in [0.25, 0.3) is 5.91 Å². The molecular weight excluding hydrogens is 244 g/mol. The first-order chi connectivity index (χ1) is 9.02. The molecule has 1 aliphatic heterocycles. The number of phenols is 1. The van der Waals surface area contributed by atoms with Gasteiger partial charge in [-0.15, -0.1) is 0 Å². The number of carbonyl (C=O) groups is 1. The Balaban J connectivity index is 2.14. The maximum atomic E-state index is 12.3. The van der Waals surface area contributed by atoms with Crippen LogP contribution in [0.3, 0.4) is 0 Å². The van der Waals surface area contributed by atoms with Crippen molar-refractivity contribution in [1.82, 2.24) is 4.90 Å². The van der Waals surface area contributed by atoms with Crippen LogP contribution < -0.4 is 0 Å². The van der Waals surface area contributed by atoms with Crippen LogP contribution in [0.2, 0.25) is 0 Å². The number of hydrogen-bond acceptors (Lipinski definition) is 4. The number of likely N-dealkylation sites (tertiary alicyclic amines) is 1. The Morgan fingerprint density at radius 3 is 2.79 bits per heavy atom. The number of benzene rings is 1. The van der Waals surface area contributed by atoms with E-state index < -0.39 is 0 Å². The average Bonchev–Trinajstić information content (AvgIpc) is 2.41. The average molecular weight is 262 g/mol. The molecule has 0 spiro atoms. The molecule has 1 aromatic carbocycles. The normalized spacial score (nSPS) is 21.7. The Bertz CT molecular complexity index is 525. The molecule has 1 atom stereocenters. The van der Waals surface area contributed by atoms with Gasteiger partial charge in [0.1, 0.15) is 5.75 Å². The van der Waals surface area contributed by atoms with Crippen molar-refractivity contribution < 1.29 is 15.1 Å². The third-order valence-corrected chi connectivity index (χ3v) is 3.57. The summed E-state index contributed by atoms with van der Waals surface area (Å²) in [6.07, 6.45) is 0.585. The fourth-order valence-corrected chi connectivity index (χ4v) is 2.28. The van der Waals surface area contributed by atoms with Crippen LogP contribution in [0, 0.1) is 12.8 Å². The first-order valence-electron chi connectivity index (χ1n) is 6.32. The van der Waals surface area contributed by atoms with Crippen molar-refractivity contribution in [3.8, 4) is 5.75 Å². The van der Waals surface area contributed by atoms with E-state index in [4.69, 9.17) is 5.21 Å². The lowest BCUT2D eigenvalue weighted by Gasteiger charge is -2.31. The molecule has 5 nitrogen and oxygen atoms in total. The van der Waals surface area contributed by atoms with E-state index >= 15 is 0 Å². The van der Waals surface area contributed by atoms with E-state index in [1.807, 2.05) is 6.92 Å². The van der Waals surface area contributed by atoms with E-state index in [1.165, 1.54) is 6.07 Å². The molecule has 1 aromatic rings. The molecule has 5 heteroatoms. The van der Waals surface area contributed by atoms with Gasteiger partial charge in [-0.05, 0) is 24.6 Å². The van der Waals surface area contributed by atoms with Gasteiger partial charge in [0.2, 0.25) is 0 Å². The zero-order valence-corrected chi connectivity index (χ0v) is 11.1. The second kappa shape index (κ2) is 5.30. The van der Waals surface area contributed by atoms with Gasteiger partial charge < -0.3 is 15.2 Å². The van der Waals surface area contributed by atoms with Crippen LogP contribution in [0.5, 0.6) is 5.75 Å². The number of phenolic OH excluding ortho intramolecular Hbond substituents is 1. The molecule has 1 amide bonds. The van der Waals surface area contributed by atoms with Gasteiger partial charge in [0, 0.05) is 31.0 Å².